The topological polar surface area (TPSA) is 105 Å². The highest BCUT2D eigenvalue weighted by Gasteiger charge is 2.34. The van der Waals surface area contributed by atoms with E-state index in [0.717, 1.165) is 0 Å². The van der Waals surface area contributed by atoms with E-state index >= 15 is 0 Å². The molecule has 2 atom stereocenters. The van der Waals surface area contributed by atoms with Crippen LogP contribution in [0.1, 0.15) is 51.4 Å². The van der Waals surface area contributed by atoms with Crippen LogP contribution >= 0.6 is 0 Å². The van der Waals surface area contributed by atoms with E-state index in [4.69, 9.17) is 9.47 Å². The quantitative estimate of drug-likeness (QED) is 0.274. The molecule has 0 amide bonds. The van der Waals surface area contributed by atoms with Crippen LogP contribution in [-0.4, -0.2) is 52.3 Å². The van der Waals surface area contributed by atoms with Crippen molar-refractivity contribution in [3.63, 3.8) is 0 Å². The smallest absolute Gasteiger partial charge is 0.309 e. The first-order valence-corrected chi connectivity index (χ1v) is 8.70. The van der Waals surface area contributed by atoms with Crippen LogP contribution in [-0.2, 0) is 38.1 Å². The van der Waals surface area contributed by atoms with Gasteiger partial charge in [0, 0.05) is 12.8 Å². The molecule has 0 aliphatic carbocycles. The van der Waals surface area contributed by atoms with Gasteiger partial charge in [-0.1, -0.05) is 12.8 Å². The molecular weight excluding hydrogens is 344 g/mol. The second-order valence-corrected chi connectivity index (χ2v) is 5.90. The summed E-state index contributed by atoms with van der Waals surface area (Å²) in [5.74, 6) is -2.89. The van der Waals surface area contributed by atoms with Crippen molar-refractivity contribution in [1.29, 1.82) is 0 Å². The number of rotatable bonds is 13. The molecule has 0 aromatic heterocycles. The summed E-state index contributed by atoms with van der Waals surface area (Å²) >= 11 is 0. The zero-order valence-electron chi connectivity index (χ0n) is 16.1. The number of esters is 4. The molecule has 150 valence electrons. The van der Waals surface area contributed by atoms with Crippen molar-refractivity contribution in [2.75, 3.05) is 28.4 Å². The van der Waals surface area contributed by atoms with Gasteiger partial charge in [0.05, 0.1) is 40.3 Å². The lowest BCUT2D eigenvalue weighted by Crippen LogP contribution is -2.32. The van der Waals surface area contributed by atoms with Crippen molar-refractivity contribution in [3.05, 3.63) is 0 Å². The molecule has 0 aromatic rings. The van der Waals surface area contributed by atoms with Gasteiger partial charge in [0.1, 0.15) is 0 Å². The first-order chi connectivity index (χ1) is 12.4. The van der Waals surface area contributed by atoms with Crippen LogP contribution in [0.4, 0.5) is 0 Å². The minimum Gasteiger partial charge on any atom is -0.469 e. The number of carbonyl (C=O) groups is 4. The van der Waals surface area contributed by atoms with Gasteiger partial charge in [0.25, 0.3) is 0 Å². The molecule has 0 aliphatic heterocycles. The van der Waals surface area contributed by atoms with Gasteiger partial charge in [-0.05, 0) is 25.7 Å². The maximum absolute atomic E-state index is 12.1. The molecule has 0 heterocycles. The molecule has 0 bridgehead atoms. The van der Waals surface area contributed by atoms with Gasteiger partial charge in [0.15, 0.2) is 0 Å². The van der Waals surface area contributed by atoms with Gasteiger partial charge >= 0.3 is 23.9 Å². The summed E-state index contributed by atoms with van der Waals surface area (Å²) in [6.07, 6.45) is 3.57. The number of carbonyl (C=O) groups excluding carboxylic acids is 4. The number of hydrogen-bond donors (Lipinski definition) is 0. The van der Waals surface area contributed by atoms with E-state index in [2.05, 4.69) is 9.47 Å². The van der Waals surface area contributed by atoms with E-state index in [1.165, 1.54) is 28.4 Å². The van der Waals surface area contributed by atoms with E-state index in [1.54, 1.807) is 0 Å². The Labute approximate surface area is 154 Å². The van der Waals surface area contributed by atoms with Crippen LogP contribution < -0.4 is 0 Å². The second-order valence-electron chi connectivity index (χ2n) is 5.90. The molecule has 26 heavy (non-hydrogen) atoms. The van der Waals surface area contributed by atoms with Crippen molar-refractivity contribution in [3.8, 4) is 0 Å². The Bertz CT molecular complexity index is 418. The average Bonchev–Trinajstić information content (AvgIpc) is 2.67. The lowest BCUT2D eigenvalue weighted by molar-refractivity contribution is -0.158. The Morgan fingerprint density at radius 2 is 0.923 bits per heavy atom. The van der Waals surface area contributed by atoms with E-state index in [1.807, 2.05) is 0 Å². The number of unbranched alkanes of at least 4 members (excludes halogenated alkanes) is 2. The summed E-state index contributed by atoms with van der Waals surface area (Å²) in [6.45, 7) is 0. The molecule has 8 heteroatoms. The Hall–Kier alpha value is -2.12. The minimum atomic E-state index is -0.650. The maximum atomic E-state index is 12.1. The highest BCUT2D eigenvalue weighted by molar-refractivity contribution is 5.82. The largest absolute Gasteiger partial charge is 0.469 e. The van der Waals surface area contributed by atoms with Crippen molar-refractivity contribution in [2.45, 2.75) is 51.4 Å². The third-order valence-electron chi connectivity index (χ3n) is 4.24. The fraction of sp³-hybridized carbons (Fsp3) is 0.778. The molecule has 0 aromatic carbocycles. The standard InChI is InChI=1S/C18H30O8/c1-23-15(19)11-7-5-9-13(17(21)25-3)14(18(22)26-4)10-6-8-12-16(20)24-2/h13-14H,5-12H2,1-4H3. The summed E-state index contributed by atoms with van der Waals surface area (Å²) < 4.78 is 18.8. The van der Waals surface area contributed by atoms with Crippen LogP contribution in [0, 0.1) is 11.8 Å². The van der Waals surface area contributed by atoms with Crippen molar-refractivity contribution >= 4 is 23.9 Å². The molecule has 0 radical (unpaired) electrons. The van der Waals surface area contributed by atoms with Gasteiger partial charge in [-0.3, -0.25) is 19.2 Å². The highest BCUT2D eigenvalue weighted by Crippen LogP contribution is 2.27. The summed E-state index contributed by atoms with van der Waals surface area (Å²) in [7, 11) is 5.19. The molecule has 0 spiro atoms. The normalized spacial score (nSPS) is 12.6. The van der Waals surface area contributed by atoms with Gasteiger partial charge < -0.3 is 18.9 Å². The lowest BCUT2D eigenvalue weighted by Gasteiger charge is -2.23. The molecule has 0 saturated carbocycles. The van der Waals surface area contributed by atoms with Crippen molar-refractivity contribution in [2.24, 2.45) is 11.8 Å². The van der Waals surface area contributed by atoms with Gasteiger partial charge in [-0.25, -0.2) is 0 Å². The molecule has 8 nitrogen and oxygen atoms in total. The van der Waals surface area contributed by atoms with Crippen LogP contribution in [0.25, 0.3) is 0 Å². The second kappa shape index (κ2) is 14.1. The number of hydrogen-bond acceptors (Lipinski definition) is 8. The molecule has 0 saturated heterocycles. The third-order valence-corrected chi connectivity index (χ3v) is 4.24. The Morgan fingerprint density at radius 1 is 0.577 bits per heavy atom. The summed E-state index contributed by atoms with van der Waals surface area (Å²) in [6, 6.07) is 0. The first kappa shape index (κ1) is 23.9. The van der Waals surface area contributed by atoms with Gasteiger partial charge in [-0.15, -0.1) is 0 Å². The number of methoxy groups -OCH3 is 4. The fourth-order valence-corrected chi connectivity index (χ4v) is 2.74. The molecular formula is C18H30O8. The van der Waals surface area contributed by atoms with Crippen LogP contribution in [0.15, 0.2) is 0 Å². The molecule has 0 aliphatic rings. The van der Waals surface area contributed by atoms with E-state index in [9.17, 15) is 19.2 Å². The van der Waals surface area contributed by atoms with E-state index < -0.39 is 23.8 Å². The van der Waals surface area contributed by atoms with Crippen LogP contribution in [0.2, 0.25) is 0 Å². The van der Waals surface area contributed by atoms with E-state index in [0.29, 0.717) is 38.5 Å². The predicted octanol–water partition coefficient (Wildman–Crippen LogP) is 2.03. The van der Waals surface area contributed by atoms with Gasteiger partial charge in [-0.2, -0.15) is 0 Å². The zero-order valence-corrected chi connectivity index (χ0v) is 16.1. The highest BCUT2D eigenvalue weighted by atomic mass is 16.5. The summed E-state index contributed by atoms with van der Waals surface area (Å²) in [4.78, 5) is 46.6. The van der Waals surface area contributed by atoms with Crippen LogP contribution in [0.5, 0.6) is 0 Å². The van der Waals surface area contributed by atoms with Crippen molar-refractivity contribution in [1.82, 2.24) is 0 Å². The lowest BCUT2D eigenvalue weighted by atomic mass is 9.84. The Balaban J connectivity index is 4.78. The zero-order chi connectivity index (χ0) is 19.9. The van der Waals surface area contributed by atoms with Gasteiger partial charge in [0.2, 0.25) is 0 Å². The molecule has 2 unspecified atom stereocenters. The van der Waals surface area contributed by atoms with Crippen LogP contribution in [0.3, 0.4) is 0 Å². The molecule has 0 fully saturated rings. The minimum absolute atomic E-state index is 0.256. The monoisotopic (exact) mass is 374 g/mol. The fourth-order valence-electron chi connectivity index (χ4n) is 2.74. The number of ether oxygens (including phenoxy) is 4. The predicted molar refractivity (Wildman–Crippen MR) is 92.0 cm³/mol. The third kappa shape index (κ3) is 9.39. The maximum Gasteiger partial charge on any atom is 0.309 e. The summed E-state index contributed by atoms with van der Waals surface area (Å²) in [5.41, 5.74) is 0. The molecule has 0 rings (SSSR count). The Morgan fingerprint density at radius 3 is 1.19 bits per heavy atom. The first-order valence-electron chi connectivity index (χ1n) is 8.70. The molecule has 0 N–H and O–H groups in total. The Kier molecular flexibility index (Phi) is 12.9. The van der Waals surface area contributed by atoms with E-state index in [-0.39, 0.29) is 24.8 Å². The average molecular weight is 374 g/mol. The summed E-state index contributed by atoms with van der Waals surface area (Å²) in [5, 5.41) is 0. The van der Waals surface area contributed by atoms with Crippen molar-refractivity contribution < 1.29 is 38.1 Å². The SMILES string of the molecule is COC(=O)CCCCC(C(=O)OC)C(CCCCC(=O)OC)C(=O)OC.